The maximum Gasteiger partial charge on any atom is 0.338 e. The summed E-state index contributed by atoms with van der Waals surface area (Å²) in [4.78, 5) is 17.8. The highest BCUT2D eigenvalue weighted by Gasteiger charge is 2.55. The molecule has 0 aromatic carbocycles. The van der Waals surface area contributed by atoms with Gasteiger partial charge in [-0.15, -0.1) is 0 Å². The molecule has 2 unspecified atom stereocenters. The Kier molecular flexibility index (Phi) is 3.12. The van der Waals surface area contributed by atoms with Gasteiger partial charge in [0.2, 0.25) is 0 Å². The first-order valence-corrected chi connectivity index (χ1v) is 7.68. The third-order valence-electron chi connectivity index (χ3n) is 4.87. The number of aliphatic hydroxyl groups excluding tert-OH is 1. The molecule has 0 radical (unpaired) electrons. The maximum atomic E-state index is 10.9. The van der Waals surface area contributed by atoms with Crippen LogP contribution in [0.25, 0.3) is 0 Å². The highest BCUT2D eigenvalue weighted by Crippen LogP contribution is 2.46. The van der Waals surface area contributed by atoms with Gasteiger partial charge in [-0.05, 0) is 18.6 Å². The Bertz CT molecular complexity index is 760. The van der Waals surface area contributed by atoms with E-state index in [0.717, 1.165) is 30.2 Å². The Balaban J connectivity index is 1.48. The van der Waals surface area contributed by atoms with Gasteiger partial charge >= 0.3 is 5.97 Å². The van der Waals surface area contributed by atoms with Gasteiger partial charge in [-0.2, -0.15) is 5.10 Å². The molecule has 0 spiro atoms. The number of carboxylic acids is 1. The van der Waals surface area contributed by atoms with E-state index in [1.54, 1.807) is 4.68 Å². The molecule has 0 bridgehead atoms. The summed E-state index contributed by atoms with van der Waals surface area (Å²) in [5, 5.41) is 22.6. The monoisotopic (exact) mass is 314 g/mol. The Labute approximate surface area is 133 Å². The Morgan fingerprint density at radius 1 is 1.35 bits per heavy atom. The molecule has 7 heteroatoms. The van der Waals surface area contributed by atoms with Crippen molar-refractivity contribution in [3.05, 3.63) is 41.3 Å². The van der Waals surface area contributed by atoms with E-state index in [9.17, 15) is 9.90 Å². The lowest BCUT2D eigenvalue weighted by Gasteiger charge is -2.21. The van der Waals surface area contributed by atoms with Crippen LogP contribution in [0.3, 0.4) is 0 Å². The zero-order valence-corrected chi connectivity index (χ0v) is 12.8. The first kappa shape index (κ1) is 14.2. The van der Waals surface area contributed by atoms with Gasteiger partial charge in [-0.3, -0.25) is 4.68 Å². The van der Waals surface area contributed by atoms with Crippen molar-refractivity contribution in [2.75, 3.05) is 18.0 Å². The summed E-state index contributed by atoms with van der Waals surface area (Å²) in [6.45, 7) is 4.19. The van der Waals surface area contributed by atoms with Crippen LogP contribution < -0.4 is 4.90 Å². The number of hydrogen-bond acceptors (Lipinski definition) is 5. The second kappa shape index (κ2) is 5.06. The van der Waals surface area contributed by atoms with Gasteiger partial charge in [-0.1, -0.05) is 6.07 Å². The molecular formula is C16H18N4O3. The molecule has 2 aromatic heterocycles. The number of aliphatic hydroxyl groups is 1. The largest absolute Gasteiger partial charge is 0.478 e. The van der Waals surface area contributed by atoms with E-state index in [1.807, 2.05) is 19.1 Å². The van der Waals surface area contributed by atoms with Crippen LogP contribution in [0.15, 0.2) is 24.5 Å². The van der Waals surface area contributed by atoms with Crippen LogP contribution in [0.5, 0.6) is 0 Å². The zero-order valence-electron chi connectivity index (χ0n) is 12.8. The van der Waals surface area contributed by atoms with Gasteiger partial charge in [-0.25, -0.2) is 9.78 Å². The first-order chi connectivity index (χ1) is 11.0. The predicted octanol–water partition coefficient (Wildman–Crippen LogP) is 0.760. The smallest absolute Gasteiger partial charge is 0.338 e. The Morgan fingerprint density at radius 3 is 2.70 bits per heavy atom. The summed E-state index contributed by atoms with van der Waals surface area (Å²) < 4.78 is 1.61. The molecule has 2 atom stereocenters. The molecule has 0 amide bonds. The van der Waals surface area contributed by atoms with E-state index in [0.29, 0.717) is 18.4 Å². The number of nitrogens with zero attached hydrogens (tertiary/aromatic N) is 4. The van der Waals surface area contributed by atoms with Gasteiger partial charge in [0.25, 0.3) is 0 Å². The average molecular weight is 314 g/mol. The number of fused-ring (bicyclic) bond motifs is 1. The van der Waals surface area contributed by atoms with Crippen LogP contribution >= 0.6 is 0 Å². The van der Waals surface area contributed by atoms with Crippen LogP contribution in [-0.2, 0) is 6.54 Å². The number of aromatic nitrogens is 3. The highest BCUT2D eigenvalue weighted by molar-refractivity contribution is 5.86. The normalized spacial score (nSPS) is 25.5. The fourth-order valence-electron chi connectivity index (χ4n) is 3.34. The second-order valence-electron chi connectivity index (χ2n) is 6.37. The van der Waals surface area contributed by atoms with E-state index < -0.39 is 5.97 Å². The highest BCUT2D eigenvalue weighted by atomic mass is 16.4. The van der Waals surface area contributed by atoms with Gasteiger partial charge < -0.3 is 15.1 Å². The van der Waals surface area contributed by atoms with Crippen molar-refractivity contribution in [2.45, 2.75) is 19.6 Å². The van der Waals surface area contributed by atoms with Crippen LogP contribution in [0.4, 0.5) is 5.82 Å². The molecule has 2 aromatic rings. The third-order valence-corrected chi connectivity index (χ3v) is 4.87. The molecule has 1 aliphatic heterocycles. The summed E-state index contributed by atoms with van der Waals surface area (Å²) in [5.41, 5.74) is 2.11. The van der Waals surface area contributed by atoms with Gasteiger partial charge in [0, 0.05) is 36.8 Å². The van der Waals surface area contributed by atoms with Crippen molar-refractivity contribution in [3.63, 3.8) is 0 Å². The van der Waals surface area contributed by atoms with Crippen LogP contribution in [-0.4, -0.2) is 50.1 Å². The third kappa shape index (κ3) is 2.46. The van der Waals surface area contributed by atoms with Gasteiger partial charge in [0.05, 0.1) is 24.4 Å². The quantitative estimate of drug-likeness (QED) is 0.866. The van der Waals surface area contributed by atoms with Crippen LogP contribution in [0, 0.1) is 18.8 Å². The molecule has 1 saturated heterocycles. The van der Waals surface area contributed by atoms with Crippen molar-refractivity contribution in [1.82, 2.24) is 14.8 Å². The topological polar surface area (TPSA) is 91.5 Å². The number of hydrogen-bond donors (Lipinski definition) is 2. The molecule has 2 aliphatic rings. The summed E-state index contributed by atoms with van der Waals surface area (Å²) >= 11 is 0. The summed E-state index contributed by atoms with van der Waals surface area (Å²) in [6, 6.07) is 4.00. The van der Waals surface area contributed by atoms with E-state index >= 15 is 0 Å². The van der Waals surface area contributed by atoms with Crippen molar-refractivity contribution in [3.8, 4) is 0 Å². The minimum atomic E-state index is -0.976. The molecule has 2 N–H and O–H groups in total. The zero-order chi connectivity index (χ0) is 16.1. The molecule has 7 nitrogen and oxygen atoms in total. The molecule has 4 rings (SSSR count). The van der Waals surface area contributed by atoms with E-state index in [-0.39, 0.29) is 11.7 Å². The van der Waals surface area contributed by atoms with Gasteiger partial charge in [0.1, 0.15) is 5.82 Å². The Hall–Kier alpha value is -2.41. The van der Waals surface area contributed by atoms with E-state index in [2.05, 4.69) is 15.0 Å². The number of piperidine rings is 1. The van der Waals surface area contributed by atoms with E-state index in [1.165, 1.54) is 12.4 Å². The average Bonchev–Trinajstić information content (AvgIpc) is 2.94. The standard InChI is InChI=1S/C16H18N4O3/c1-9-10(5-20-6-11(4-17-20)16(22)23)2-3-14(18-9)19-7-12-13(8-19)15(12)21/h2-4,6,12-13,15,21H,5,7-8H2,1H3,(H,22,23). The maximum absolute atomic E-state index is 10.9. The lowest BCUT2D eigenvalue weighted by Crippen LogP contribution is -2.26. The summed E-state index contributed by atoms with van der Waals surface area (Å²) in [6.07, 6.45) is 2.75. The molecule has 2 fully saturated rings. The molecule has 3 heterocycles. The molecule has 23 heavy (non-hydrogen) atoms. The summed E-state index contributed by atoms with van der Waals surface area (Å²) in [7, 11) is 0. The number of rotatable bonds is 4. The number of anilines is 1. The fraction of sp³-hybridized carbons (Fsp3) is 0.438. The molecular weight excluding hydrogens is 296 g/mol. The number of pyridine rings is 1. The number of aryl methyl sites for hydroxylation is 1. The molecule has 1 saturated carbocycles. The minimum absolute atomic E-state index is 0.116. The number of carbonyl (C=O) groups is 1. The molecule has 120 valence electrons. The lowest BCUT2D eigenvalue weighted by atomic mass is 10.2. The minimum Gasteiger partial charge on any atom is -0.478 e. The van der Waals surface area contributed by atoms with Gasteiger partial charge in [0.15, 0.2) is 0 Å². The SMILES string of the molecule is Cc1nc(N2CC3C(O)C3C2)ccc1Cn1cc(C(=O)O)cn1. The van der Waals surface area contributed by atoms with Crippen LogP contribution in [0.2, 0.25) is 0 Å². The van der Waals surface area contributed by atoms with Crippen molar-refractivity contribution >= 4 is 11.8 Å². The Morgan fingerprint density at radius 2 is 2.09 bits per heavy atom. The second-order valence-corrected chi connectivity index (χ2v) is 6.37. The summed E-state index contributed by atoms with van der Waals surface area (Å²) in [5.74, 6) is 0.791. The van der Waals surface area contributed by atoms with E-state index in [4.69, 9.17) is 5.11 Å². The lowest BCUT2D eigenvalue weighted by molar-refractivity contribution is 0.0696. The van der Waals surface area contributed by atoms with Crippen molar-refractivity contribution in [2.24, 2.45) is 11.8 Å². The first-order valence-electron chi connectivity index (χ1n) is 7.68. The van der Waals surface area contributed by atoms with Crippen molar-refractivity contribution < 1.29 is 15.0 Å². The van der Waals surface area contributed by atoms with Crippen LogP contribution in [0.1, 0.15) is 21.6 Å². The fourth-order valence-corrected chi connectivity index (χ4v) is 3.34. The predicted molar refractivity (Wildman–Crippen MR) is 82.5 cm³/mol. The molecule has 1 aliphatic carbocycles. The van der Waals surface area contributed by atoms with Crippen molar-refractivity contribution in [1.29, 1.82) is 0 Å². The number of aromatic carboxylic acids is 1. The number of carboxylic acid groups (broad SMARTS) is 1.